The number of phenolic OH excluding ortho intramolecular Hbond substituents is 1. The minimum absolute atomic E-state index is 0.0228. The smallest absolute Gasteiger partial charge is 0.238 e. The Hall–Kier alpha value is -1.79. The van der Waals surface area contributed by atoms with Crippen molar-refractivity contribution in [2.45, 2.75) is 16.7 Å². The number of hydrogen-bond acceptors (Lipinski definition) is 4. The number of carbonyl (C=O) groups is 1. The summed E-state index contributed by atoms with van der Waals surface area (Å²) in [6.07, 6.45) is 6.38. The average Bonchev–Trinajstić information content (AvgIpc) is 3.08. The highest BCUT2D eigenvalue weighted by Gasteiger charge is 2.57. The molecule has 1 aliphatic carbocycles. The maximum atomic E-state index is 12.8. The zero-order valence-electron chi connectivity index (χ0n) is 12.3. The molecule has 0 saturated carbocycles. The van der Waals surface area contributed by atoms with E-state index in [0.717, 1.165) is 17.7 Å². The standard InChI is InChI=1S/C17H16BrNO4/c18-11-2-1-3-12-15(11)17(8-20,16(22)19-12)10-6-9-4-5-23-14(9)7-13(10)21/h1-3,6-7,11,15,20-21H,4-5,8H2,(H,19,22). The largest absolute Gasteiger partial charge is 0.507 e. The van der Waals surface area contributed by atoms with Crippen molar-refractivity contribution in [3.05, 3.63) is 47.2 Å². The molecule has 1 fully saturated rings. The molecule has 6 heteroatoms. The second kappa shape index (κ2) is 5.11. The molecule has 3 atom stereocenters. The van der Waals surface area contributed by atoms with Crippen LogP contribution in [0, 0.1) is 5.92 Å². The molecule has 1 amide bonds. The maximum Gasteiger partial charge on any atom is 0.238 e. The lowest BCUT2D eigenvalue weighted by Gasteiger charge is -2.34. The number of ether oxygens (including phenoxy) is 1. The molecular weight excluding hydrogens is 362 g/mol. The van der Waals surface area contributed by atoms with Gasteiger partial charge in [0.15, 0.2) is 0 Å². The Kier molecular flexibility index (Phi) is 3.28. The van der Waals surface area contributed by atoms with Crippen LogP contribution >= 0.6 is 15.9 Å². The van der Waals surface area contributed by atoms with Crippen molar-refractivity contribution in [2.24, 2.45) is 5.92 Å². The van der Waals surface area contributed by atoms with Crippen molar-refractivity contribution in [1.29, 1.82) is 0 Å². The van der Waals surface area contributed by atoms with Gasteiger partial charge in [0.2, 0.25) is 5.91 Å². The molecule has 23 heavy (non-hydrogen) atoms. The fourth-order valence-electron chi connectivity index (χ4n) is 3.81. The van der Waals surface area contributed by atoms with Crippen LogP contribution in [0.5, 0.6) is 11.5 Å². The average molecular weight is 378 g/mol. The Morgan fingerprint density at radius 3 is 3.04 bits per heavy atom. The van der Waals surface area contributed by atoms with Crippen molar-refractivity contribution < 1.29 is 19.7 Å². The first-order valence-electron chi connectivity index (χ1n) is 7.52. The lowest BCUT2D eigenvalue weighted by molar-refractivity contribution is -0.126. The van der Waals surface area contributed by atoms with Gasteiger partial charge in [-0.05, 0) is 17.7 Å². The van der Waals surface area contributed by atoms with Gasteiger partial charge in [0.05, 0.1) is 13.2 Å². The lowest BCUT2D eigenvalue weighted by atomic mass is 9.68. The van der Waals surface area contributed by atoms with Gasteiger partial charge in [-0.15, -0.1) is 0 Å². The van der Waals surface area contributed by atoms with Gasteiger partial charge >= 0.3 is 0 Å². The van der Waals surface area contributed by atoms with Gasteiger partial charge in [0.1, 0.15) is 16.9 Å². The van der Waals surface area contributed by atoms with Crippen LogP contribution in [0.15, 0.2) is 36.1 Å². The summed E-state index contributed by atoms with van der Waals surface area (Å²) in [5.41, 5.74) is 0.944. The normalized spacial score (nSPS) is 31.2. The number of fused-ring (bicyclic) bond motifs is 2. The summed E-state index contributed by atoms with van der Waals surface area (Å²) in [6.45, 7) is 0.179. The van der Waals surface area contributed by atoms with Crippen LogP contribution < -0.4 is 10.1 Å². The summed E-state index contributed by atoms with van der Waals surface area (Å²) in [6, 6.07) is 3.35. The third-order valence-corrected chi connectivity index (χ3v) is 5.79. The molecule has 0 radical (unpaired) electrons. The van der Waals surface area contributed by atoms with Crippen molar-refractivity contribution in [2.75, 3.05) is 13.2 Å². The quantitative estimate of drug-likeness (QED) is 0.682. The molecule has 3 aliphatic rings. The number of carbonyl (C=O) groups excluding carboxylic acids is 1. The number of phenols is 1. The van der Waals surface area contributed by atoms with Gasteiger partial charge in [-0.2, -0.15) is 0 Å². The van der Waals surface area contributed by atoms with Gasteiger partial charge in [-0.3, -0.25) is 4.79 Å². The van der Waals surface area contributed by atoms with E-state index < -0.39 is 5.41 Å². The molecule has 2 heterocycles. The van der Waals surface area contributed by atoms with E-state index in [1.54, 1.807) is 12.1 Å². The maximum absolute atomic E-state index is 12.8. The van der Waals surface area contributed by atoms with E-state index in [9.17, 15) is 15.0 Å². The number of aliphatic hydroxyl groups excluding tert-OH is 1. The molecule has 1 aromatic carbocycles. The minimum atomic E-state index is -1.22. The predicted molar refractivity (Wildman–Crippen MR) is 87.6 cm³/mol. The molecule has 0 bridgehead atoms. The van der Waals surface area contributed by atoms with Crippen molar-refractivity contribution >= 4 is 21.8 Å². The van der Waals surface area contributed by atoms with Crippen molar-refractivity contribution in [3.63, 3.8) is 0 Å². The molecule has 120 valence electrons. The highest BCUT2D eigenvalue weighted by atomic mass is 79.9. The molecule has 1 saturated heterocycles. The number of aliphatic hydroxyl groups is 1. The third-order valence-electron chi connectivity index (χ3n) is 4.96. The Bertz CT molecular complexity index is 757. The highest BCUT2D eigenvalue weighted by Crippen LogP contribution is 2.50. The van der Waals surface area contributed by atoms with E-state index in [1.807, 2.05) is 18.2 Å². The van der Waals surface area contributed by atoms with Gasteiger partial charge in [-0.1, -0.05) is 28.1 Å². The first-order chi connectivity index (χ1) is 11.1. The van der Waals surface area contributed by atoms with E-state index in [1.165, 1.54) is 0 Å². The van der Waals surface area contributed by atoms with Crippen molar-refractivity contribution in [3.8, 4) is 11.5 Å². The van der Waals surface area contributed by atoms with Crippen LogP contribution in [0.25, 0.3) is 0 Å². The monoisotopic (exact) mass is 377 g/mol. The van der Waals surface area contributed by atoms with E-state index >= 15 is 0 Å². The number of aromatic hydroxyl groups is 1. The number of alkyl halides is 1. The number of benzene rings is 1. The van der Waals surface area contributed by atoms with Gasteiger partial charge in [0, 0.05) is 34.5 Å². The first-order valence-corrected chi connectivity index (χ1v) is 8.43. The van der Waals surface area contributed by atoms with Crippen LogP contribution in [0.4, 0.5) is 0 Å². The number of nitrogens with one attached hydrogen (secondary N) is 1. The number of hydrogen-bond donors (Lipinski definition) is 3. The Morgan fingerprint density at radius 1 is 1.43 bits per heavy atom. The summed E-state index contributed by atoms with van der Waals surface area (Å²) in [7, 11) is 0. The molecule has 3 unspecified atom stereocenters. The molecule has 5 nitrogen and oxygen atoms in total. The molecule has 1 aromatic rings. The molecule has 4 rings (SSSR count). The molecule has 3 N–H and O–H groups in total. The van der Waals surface area contributed by atoms with E-state index in [2.05, 4.69) is 21.2 Å². The summed E-state index contributed by atoms with van der Waals surface area (Å²) in [5, 5.41) is 23.6. The van der Waals surface area contributed by atoms with Gasteiger partial charge in [-0.25, -0.2) is 0 Å². The molecule has 2 aliphatic heterocycles. The van der Waals surface area contributed by atoms with Crippen LogP contribution in [0.2, 0.25) is 0 Å². The summed E-state index contributed by atoms with van der Waals surface area (Å²) >= 11 is 3.59. The highest BCUT2D eigenvalue weighted by molar-refractivity contribution is 9.09. The number of allylic oxidation sites excluding steroid dienone is 4. The number of halogens is 1. The minimum Gasteiger partial charge on any atom is -0.507 e. The first kappa shape index (κ1) is 14.8. The van der Waals surface area contributed by atoms with Crippen LogP contribution in [-0.2, 0) is 16.6 Å². The van der Waals surface area contributed by atoms with Gasteiger partial charge < -0.3 is 20.3 Å². The fourth-order valence-corrected chi connectivity index (χ4v) is 4.72. The third kappa shape index (κ3) is 1.91. The van der Waals surface area contributed by atoms with E-state index in [4.69, 9.17) is 4.74 Å². The Labute approximate surface area is 141 Å². The summed E-state index contributed by atoms with van der Waals surface area (Å²) in [5.74, 6) is 0.0348. The Morgan fingerprint density at radius 2 is 2.26 bits per heavy atom. The zero-order chi connectivity index (χ0) is 16.2. The fraction of sp³-hybridized carbons (Fsp3) is 0.353. The zero-order valence-corrected chi connectivity index (χ0v) is 13.8. The van der Waals surface area contributed by atoms with Crippen LogP contribution in [0.1, 0.15) is 11.1 Å². The lowest BCUT2D eigenvalue weighted by Crippen LogP contribution is -2.46. The summed E-state index contributed by atoms with van der Waals surface area (Å²) in [4.78, 5) is 12.7. The topological polar surface area (TPSA) is 78.8 Å². The Balaban J connectivity index is 1.92. The van der Waals surface area contributed by atoms with Crippen LogP contribution in [-0.4, -0.2) is 34.2 Å². The van der Waals surface area contributed by atoms with E-state index in [0.29, 0.717) is 17.9 Å². The second-order valence-electron chi connectivity index (χ2n) is 6.09. The second-order valence-corrected chi connectivity index (χ2v) is 7.15. The molecule has 0 spiro atoms. The van der Waals surface area contributed by atoms with E-state index in [-0.39, 0.29) is 29.0 Å². The SMILES string of the molecule is O=C1NC2=CC=CC(Br)C2C1(CO)c1cc2c(cc1O)OCC2. The summed E-state index contributed by atoms with van der Waals surface area (Å²) < 4.78 is 5.46. The van der Waals surface area contributed by atoms with Crippen molar-refractivity contribution in [1.82, 2.24) is 5.32 Å². The molecule has 0 aromatic heterocycles. The number of amides is 1. The predicted octanol–water partition coefficient (Wildman–Crippen LogP) is 1.52. The van der Waals surface area contributed by atoms with Crippen LogP contribution in [0.3, 0.4) is 0 Å². The molecular formula is C17H16BrNO4. The number of rotatable bonds is 2. The van der Waals surface area contributed by atoms with Gasteiger partial charge in [0.25, 0.3) is 0 Å².